The summed E-state index contributed by atoms with van der Waals surface area (Å²) >= 11 is 0. The van der Waals surface area contributed by atoms with Crippen molar-refractivity contribution in [3.63, 3.8) is 0 Å². The van der Waals surface area contributed by atoms with Crippen LogP contribution in [0.4, 0.5) is 0 Å². The normalized spacial score (nSPS) is 21.6. The quantitative estimate of drug-likeness (QED) is 0.773. The number of nitrogens with zero attached hydrogens (tertiary/aromatic N) is 1. The van der Waals surface area contributed by atoms with Crippen molar-refractivity contribution in [2.45, 2.75) is 37.5 Å². The number of esters is 1. The second-order valence-corrected chi connectivity index (χ2v) is 5.46. The van der Waals surface area contributed by atoms with Gasteiger partial charge in [-0.2, -0.15) is 0 Å². The van der Waals surface area contributed by atoms with Gasteiger partial charge in [0.2, 0.25) is 0 Å². The Bertz CT molecular complexity index is 578. The van der Waals surface area contributed by atoms with Gasteiger partial charge in [-0.25, -0.2) is 4.79 Å². The highest BCUT2D eigenvalue weighted by molar-refractivity contribution is 5.88. The summed E-state index contributed by atoms with van der Waals surface area (Å²) in [6.07, 6.45) is 4.86. The molecule has 1 aliphatic heterocycles. The number of rotatable bonds is 2. The van der Waals surface area contributed by atoms with E-state index in [0.29, 0.717) is 13.2 Å². The molecule has 1 aromatic rings. The van der Waals surface area contributed by atoms with E-state index in [0.717, 1.165) is 25.7 Å². The molecule has 114 valence electrons. The highest BCUT2D eigenvalue weighted by atomic mass is 16.7. The molecule has 3 rings (SSSR count). The Morgan fingerprint density at radius 3 is 2.62 bits per heavy atom. The molecular weight excluding hydrogens is 274 g/mol. The van der Waals surface area contributed by atoms with Gasteiger partial charge in [-0.3, -0.25) is 4.79 Å². The summed E-state index contributed by atoms with van der Waals surface area (Å²) in [5, 5.41) is 0. The Balaban J connectivity index is 1.79. The van der Waals surface area contributed by atoms with E-state index in [-0.39, 0.29) is 17.2 Å². The molecule has 1 aromatic heterocycles. The third kappa shape index (κ3) is 2.61. The van der Waals surface area contributed by atoms with Gasteiger partial charge in [0, 0.05) is 25.1 Å². The number of aromatic nitrogens is 1. The predicted octanol–water partition coefficient (Wildman–Crippen LogP) is 1.49. The second-order valence-electron chi connectivity index (χ2n) is 5.46. The molecule has 1 spiro atoms. The zero-order valence-electron chi connectivity index (χ0n) is 12.0. The summed E-state index contributed by atoms with van der Waals surface area (Å²) in [7, 11) is 1.28. The minimum absolute atomic E-state index is 0.0699. The number of carbonyl (C=O) groups excluding carboxylic acids is 1. The van der Waals surface area contributed by atoms with Crippen molar-refractivity contribution >= 4 is 5.97 Å². The first kappa shape index (κ1) is 14.3. The van der Waals surface area contributed by atoms with Gasteiger partial charge in [-0.1, -0.05) is 0 Å². The minimum atomic E-state index is -0.593. The van der Waals surface area contributed by atoms with Gasteiger partial charge in [-0.05, 0) is 25.0 Å². The molecule has 1 saturated heterocycles. The summed E-state index contributed by atoms with van der Waals surface area (Å²) in [5.74, 6) is -1.04. The monoisotopic (exact) mass is 293 g/mol. The Kier molecular flexibility index (Phi) is 3.82. The van der Waals surface area contributed by atoms with E-state index in [2.05, 4.69) is 4.74 Å². The lowest BCUT2D eigenvalue weighted by Crippen LogP contribution is -2.38. The number of hydrogen-bond donors (Lipinski definition) is 0. The fourth-order valence-electron chi connectivity index (χ4n) is 3.17. The second kappa shape index (κ2) is 5.61. The summed E-state index contributed by atoms with van der Waals surface area (Å²) in [6, 6.07) is 3.28. The average molecular weight is 293 g/mol. The first-order valence-corrected chi connectivity index (χ1v) is 7.23. The van der Waals surface area contributed by atoms with Crippen molar-refractivity contribution in [2.75, 3.05) is 20.3 Å². The lowest BCUT2D eigenvalue weighted by atomic mass is 9.89. The fourth-order valence-corrected chi connectivity index (χ4v) is 3.17. The molecule has 21 heavy (non-hydrogen) atoms. The highest BCUT2D eigenvalue weighted by Gasteiger charge is 2.40. The first-order chi connectivity index (χ1) is 10.2. The molecule has 2 aliphatic rings. The summed E-state index contributed by atoms with van der Waals surface area (Å²) in [4.78, 5) is 24.0. The molecule has 0 unspecified atom stereocenters. The average Bonchev–Trinajstić information content (AvgIpc) is 2.96. The van der Waals surface area contributed by atoms with Crippen LogP contribution in [0.3, 0.4) is 0 Å². The standard InChI is InChI=1S/C15H19NO5/c1-19-14(18)12-3-2-8-16(13(12)17)11-4-6-15(7-5-11)20-9-10-21-15/h2-3,8,11H,4-7,9-10H2,1H3. The van der Waals surface area contributed by atoms with Gasteiger partial charge in [-0.15, -0.1) is 0 Å². The maximum absolute atomic E-state index is 12.4. The molecular formula is C15H19NO5. The third-order valence-corrected chi connectivity index (χ3v) is 4.30. The molecule has 2 fully saturated rings. The van der Waals surface area contributed by atoms with Crippen LogP contribution in [-0.4, -0.2) is 36.6 Å². The van der Waals surface area contributed by atoms with Gasteiger partial charge in [0.25, 0.3) is 5.56 Å². The Morgan fingerprint density at radius 2 is 2.00 bits per heavy atom. The lowest BCUT2D eigenvalue weighted by molar-refractivity contribution is -0.181. The maximum atomic E-state index is 12.4. The Morgan fingerprint density at radius 1 is 1.33 bits per heavy atom. The van der Waals surface area contributed by atoms with Crippen molar-refractivity contribution in [1.29, 1.82) is 0 Å². The molecule has 0 aromatic carbocycles. The van der Waals surface area contributed by atoms with E-state index in [9.17, 15) is 9.59 Å². The zero-order chi connectivity index (χ0) is 14.9. The minimum Gasteiger partial charge on any atom is -0.465 e. The SMILES string of the molecule is COC(=O)c1cccn(C2CCC3(CC2)OCCO3)c1=O. The van der Waals surface area contributed by atoms with Crippen molar-refractivity contribution < 1.29 is 19.0 Å². The van der Waals surface area contributed by atoms with Crippen LogP contribution in [0, 0.1) is 0 Å². The van der Waals surface area contributed by atoms with Crippen LogP contribution in [0.25, 0.3) is 0 Å². The number of ether oxygens (including phenoxy) is 3. The van der Waals surface area contributed by atoms with Gasteiger partial charge >= 0.3 is 5.97 Å². The Labute approximate surface area is 122 Å². The number of hydrogen-bond acceptors (Lipinski definition) is 5. The van der Waals surface area contributed by atoms with Gasteiger partial charge in [0.05, 0.1) is 20.3 Å². The van der Waals surface area contributed by atoms with Crippen LogP contribution >= 0.6 is 0 Å². The fraction of sp³-hybridized carbons (Fsp3) is 0.600. The smallest absolute Gasteiger partial charge is 0.343 e. The molecule has 1 aliphatic carbocycles. The number of pyridine rings is 1. The summed E-state index contributed by atoms with van der Waals surface area (Å²) < 4.78 is 17.7. The van der Waals surface area contributed by atoms with Crippen LogP contribution in [0.1, 0.15) is 42.1 Å². The highest BCUT2D eigenvalue weighted by Crippen LogP contribution is 2.39. The topological polar surface area (TPSA) is 66.8 Å². The van der Waals surface area contributed by atoms with E-state index in [1.807, 2.05) is 0 Å². The van der Waals surface area contributed by atoms with E-state index in [1.54, 1.807) is 16.8 Å². The van der Waals surface area contributed by atoms with E-state index < -0.39 is 11.8 Å². The third-order valence-electron chi connectivity index (χ3n) is 4.30. The molecule has 1 saturated carbocycles. The molecule has 6 heteroatoms. The molecule has 2 heterocycles. The van der Waals surface area contributed by atoms with Gasteiger partial charge in [0.15, 0.2) is 5.79 Å². The van der Waals surface area contributed by atoms with Crippen LogP contribution in [0.15, 0.2) is 23.1 Å². The maximum Gasteiger partial charge on any atom is 0.343 e. The number of methoxy groups -OCH3 is 1. The summed E-state index contributed by atoms with van der Waals surface area (Å²) in [6.45, 7) is 1.28. The van der Waals surface area contributed by atoms with E-state index >= 15 is 0 Å². The zero-order valence-corrected chi connectivity index (χ0v) is 12.0. The van der Waals surface area contributed by atoms with Crippen LogP contribution in [0.2, 0.25) is 0 Å². The predicted molar refractivity (Wildman–Crippen MR) is 74.2 cm³/mol. The van der Waals surface area contributed by atoms with Crippen molar-refractivity contribution in [2.24, 2.45) is 0 Å². The van der Waals surface area contributed by atoms with Crippen molar-refractivity contribution in [3.05, 3.63) is 34.2 Å². The molecule has 0 amide bonds. The van der Waals surface area contributed by atoms with Gasteiger partial charge < -0.3 is 18.8 Å². The first-order valence-electron chi connectivity index (χ1n) is 7.23. The van der Waals surface area contributed by atoms with Crippen LogP contribution in [0.5, 0.6) is 0 Å². The lowest BCUT2D eigenvalue weighted by Gasteiger charge is -2.36. The van der Waals surface area contributed by atoms with E-state index in [1.165, 1.54) is 13.2 Å². The van der Waals surface area contributed by atoms with Crippen molar-refractivity contribution in [3.8, 4) is 0 Å². The van der Waals surface area contributed by atoms with Crippen molar-refractivity contribution in [1.82, 2.24) is 4.57 Å². The largest absolute Gasteiger partial charge is 0.465 e. The molecule has 0 radical (unpaired) electrons. The van der Waals surface area contributed by atoms with E-state index in [4.69, 9.17) is 9.47 Å². The molecule has 0 N–H and O–H groups in total. The van der Waals surface area contributed by atoms with Crippen LogP contribution in [-0.2, 0) is 14.2 Å². The number of carbonyl (C=O) groups is 1. The molecule has 6 nitrogen and oxygen atoms in total. The molecule has 0 bridgehead atoms. The van der Waals surface area contributed by atoms with Gasteiger partial charge in [0.1, 0.15) is 5.56 Å². The molecule has 0 atom stereocenters. The Hall–Kier alpha value is -1.66. The summed E-state index contributed by atoms with van der Waals surface area (Å²) in [5.41, 5.74) is -0.216. The van der Waals surface area contributed by atoms with Crippen LogP contribution < -0.4 is 5.56 Å².